The molecule has 0 aliphatic rings. The number of aryl methyl sites for hydroxylation is 1. The summed E-state index contributed by atoms with van der Waals surface area (Å²) < 4.78 is 6.12. The fourth-order valence-electron chi connectivity index (χ4n) is 3.08. The number of hydrogen-bond acceptors (Lipinski definition) is 6. The molecule has 0 atom stereocenters. The number of amides is 1. The van der Waals surface area contributed by atoms with Crippen LogP contribution in [0.4, 0.5) is 28.8 Å². The van der Waals surface area contributed by atoms with E-state index in [2.05, 4.69) is 41.8 Å². The average molecular weight is 504 g/mol. The fraction of sp³-hybridized carbons (Fsp3) is 0.0800. The summed E-state index contributed by atoms with van der Waals surface area (Å²) in [4.78, 5) is 21.4. The average Bonchev–Trinajstić information content (AvgIpc) is 2.81. The Labute approximate surface area is 200 Å². The predicted octanol–water partition coefficient (Wildman–Crippen LogP) is 6.30. The molecule has 0 saturated carbocycles. The maximum absolute atomic E-state index is 12.4. The number of anilines is 5. The lowest BCUT2D eigenvalue weighted by Gasteiger charge is -2.11. The van der Waals surface area contributed by atoms with Gasteiger partial charge in [0.15, 0.2) is 0 Å². The van der Waals surface area contributed by atoms with Gasteiger partial charge in [-0.3, -0.25) is 4.79 Å². The quantitative estimate of drug-likeness (QED) is 0.274. The van der Waals surface area contributed by atoms with Crippen molar-refractivity contribution < 1.29 is 9.53 Å². The van der Waals surface area contributed by atoms with Gasteiger partial charge < -0.3 is 20.7 Å². The molecule has 4 aromatic rings. The van der Waals surface area contributed by atoms with Crippen LogP contribution in [0.1, 0.15) is 16.1 Å². The number of hydrogen-bond donors (Lipinski definition) is 3. The lowest BCUT2D eigenvalue weighted by atomic mass is 10.2. The molecule has 0 aliphatic carbocycles. The third-order valence-corrected chi connectivity index (χ3v) is 5.25. The predicted molar refractivity (Wildman–Crippen MR) is 135 cm³/mol. The topological polar surface area (TPSA) is 88.2 Å². The lowest BCUT2D eigenvalue weighted by Crippen LogP contribution is -2.11. The van der Waals surface area contributed by atoms with E-state index in [1.165, 1.54) is 0 Å². The first kappa shape index (κ1) is 22.3. The SMILES string of the molecule is COc1ccc(Nc2cc(C)nc(Nc3ccc(NC(=O)c4ccc(Br)cc4)cc3)n2)cc1. The first-order valence-corrected chi connectivity index (χ1v) is 11.0. The lowest BCUT2D eigenvalue weighted by molar-refractivity contribution is 0.102. The van der Waals surface area contributed by atoms with Gasteiger partial charge in [0.25, 0.3) is 5.91 Å². The van der Waals surface area contributed by atoms with Gasteiger partial charge in [-0.25, -0.2) is 4.98 Å². The van der Waals surface area contributed by atoms with Crippen LogP contribution in [0, 0.1) is 6.92 Å². The second-order valence-electron chi connectivity index (χ2n) is 7.24. The van der Waals surface area contributed by atoms with Gasteiger partial charge >= 0.3 is 0 Å². The number of rotatable bonds is 7. The summed E-state index contributed by atoms with van der Waals surface area (Å²) in [7, 11) is 1.64. The van der Waals surface area contributed by atoms with E-state index < -0.39 is 0 Å². The Hall–Kier alpha value is -3.91. The monoisotopic (exact) mass is 503 g/mol. The molecule has 166 valence electrons. The summed E-state index contributed by atoms with van der Waals surface area (Å²) in [6.45, 7) is 1.91. The van der Waals surface area contributed by atoms with E-state index >= 15 is 0 Å². The highest BCUT2D eigenvalue weighted by atomic mass is 79.9. The molecule has 1 heterocycles. The van der Waals surface area contributed by atoms with Crippen LogP contribution in [0.2, 0.25) is 0 Å². The van der Waals surface area contributed by atoms with Crippen LogP contribution >= 0.6 is 15.9 Å². The molecule has 0 aliphatic heterocycles. The minimum Gasteiger partial charge on any atom is -0.497 e. The summed E-state index contributed by atoms with van der Waals surface area (Å²) in [5.41, 5.74) is 3.80. The summed E-state index contributed by atoms with van der Waals surface area (Å²) in [5.74, 6) is 1.77. The van der Waals surface area contributed by atoms with Gasteiger partial charge in [-0.15, -0.1) is 0 Å². The number of nitrogens with zero attached hydrogens (tertiary/aromatic N) is 2. The summed E-state index contributed by atoms with van der Waals surface area (Å²) in [6.07, 6.45) is 0. The van der Waals surface area contributed by atoms with Crippen molar-refractivity contribution in [1.29, 1.82) is 0 Å². The van der Waals surface area contributed by atoms with Crippen LogP contribution in [0.25, 0.3) is 0 Å². The number of carbonyl (C=O) groups is 1. The van der Waals surface area contributed by atoms with Crippen LogP contribution in [0.15, 0.2) is 83.3 Å². The number of ether oxygens (including phenoxy) is 1. The Bertz CT molecular complexity index is 1240. The molecule has 3 aromatic carbocycles. The Kier molecular flexibility index (Phi) is 6.85. The Morgan fingerprint density at radius 2 is 1.42 bits per heavy atom. The van der Waals surface area contributed by atoms with Crippen molar-refractivity contribution in [2.45, 2.75) is 6.92 Å². The molecule has 0 saturated heterocycles. The molecule has 3 N–H and O–H groups in total. The minimum absolute atomic E-state index is 0.167. The summed E-state index contributed by atoms with van der Waals surface area (Å²) in [6, 6.07) is 24.0. The number of methoxy groups -OCH3 is 1. The number of nitrogens with one attached hydrogen (secondary N) is 3. The van der Waals surface area contributed by atoms with Crippen molar-refractivity contribution in [2.24, 2.45) is 0 Å². The number of aromatic nitrogens is 2. The number of halogens is 1. The summed E-state index contributed by atoms with van der Waals surface area (Å²) >= 11 is 3.37. The number of benzene rings is 3. The van der Waals surface area contributed by atoms with Gasteiger partial charge in [-0.05, 0) is 79.7 Å². The highest BCUT2D eigenvalue weighted by molar-refractivity contribution is 9.10. The van der Waals surface area contributed by atoms with Crippen molar-refractivity contribution in [3.8, 4) is 5.75 Å². The minimum atomic E-state index is -0.167. The maximum atomic E-state index is 12.4. The Morgan fingerprint density at radius 3 is 2.09 bits per heavy atom. The molecule has 0 spiro atoms. The highest BCUT2D eigenvalue weighted by Gasteiger charge is 2.07. The van der Waals surface area contributed by atoms with E-state index in [9.17, 15) is 4.79 Å². The smallest absolute Gasteiger partial charge is 0.255 e. The molecular formula is C25H22BrN5O2. The second-order valence-corrected chi connectivity index (χ2v) is 8.15. The van der Waals surface area contributed by atoms with Crippen molar-refractivity contribution in [1.82, 2.24) is 9.97 Å². The normalized spacial score (nSPS) is 10.4. The zero-order valence-electron chi connectivity index (χ0n) is 18.1. The molecule has 0 fully saturated rings. The van der Waals surface area contributed by atoms with E-state index in [4.69, 9.17) is 4.74 Å². The largest absolute Gasteiger partial charge is 0.497 e. The molecule has 1 amide bonds. The zero-order chi connectivity index (χ0) is 23.2. The van der Waals surface area contributed by atoms with E-state index in [1.54, 1.807) is 19.2 Å². The van der Waals surface area contributed by atoms with Crippen molar-refractivity contribution in [2.75, 3.05) is 23.1 Å². The first-order chi connectivity index (χ1) is 16.0. The van der Waals surface area contributed by atoms with Crippen LogP contribution in [0.3, 0.4) is 0 Å². The molecule has 7 nitrogen and oxygen atoms in total. The van der Waals surface area contributed by atoms with Crippen LogP contribution in [-0.2, 0) is 0 Å². The molecular weight excluding hydrogens is 482 g/mol. The van der Waals surface area contributed by atoms with Gasteiger partial charge in [0.1, 0.15) is 11.6 Å². The van der Waals surface area contributed by atoms with E-state index in [-0.39, 0.29) is 5.91 Å². The molecule has 1 aromatic heterocycles. The number of carbonyl (C=O) groups excluding carboxylic acids is 1. The van der Waals surface area contributed by atoms with Gasteiger partial charge in [-0.2, -0.15) is 4.98 Å². The van der Waals surface area contributed by atoms with Crippen LogP contribution in [0.5, 0.6) is 5.75 Å². The third-order valence-electron chi connectivity index (χ3n) is 4.72. The molecule has 33 heavy (non-hydrogen) atoms. The zero-order valence-corrected chi connectivity index (χ0v) is 19.7. The molecule has 8 heteroatoms. The third kappa shape index (κ3) is 6.08. The standard InChI is InChI=1S/C25H22BrN5O2/c1-16-15-23(28-19-11-13-22(33-2)14-12-19)31-25(27-16)30-21-9-7-20(8-10-21)29-24(32)17-3-5-18(26)6-4-17/h3-15H,1-2H3,(H,29,32)(H2,27,28,30,31). The van der Waals surface area contributed by atoms with Crippen LogP contribution in [-0.4, -0.2) is 23.0 Å². The van der Waals surface area contributed by atoms with Gasteiger partial charge in [0, 0.05) is 38.9 Å². The van der Waals surface area contributed by atoms with Crippen molar-refractivity contribution in [3.63, 3.8) is 0 Å². The fourth-order valence-corrected chi connectivity index (χ4v) is 3.35. The molecule has 4 rings (SSSR count). The molecule has 0 bridgehead atoms. The molecule has 0 unspecified atom stereocenters. The Morgan fingerprint density at radius 1 is 0.818 bits per heavy atom. The van der Waals surface area contributed by atoms with Gasteiger partial charge in [-0.1, -0.05) is 15.9 Å². The van der Waals surface area contributed by atoms with E-state index in [0.717, 1.165) is 27.3 Å². The second kappa shape index (κ2) is 10.1. The van der Waals surface area contributed by atoms with Gasteiger partial charge in [0.05, 0.1) is 7.11 Å². The Balaban J connectivity index is 1.42. The van der Waals surface area contributed by atoms with E-state index in [1.807, 2.05) is 73.7 Å². The summed E-state index contributed by atoms with van der Waals surface area (Å²) in [5, 5.41) is 9.37. The highest BCUT2D eigenvalue weighted by Crippen LogP contribution is 2.22. The van der Waals surface area contributed by atoms with Crippen molar-refractivity contribution >= 4 is 50.7 Å². The van der Waals surface area contributed by atoms with Crippen LogP contribution < -0.4 is 20.7 Å². The first-order valence-electron chi connectivity index (χ1n) is 10.2. The van der Waals surface area contributed by atoms with E-state index in [0.29, 0.717) is 23.0 Å². The maximum Gasteiger partial charge on any atom is 0.255 e. The molecule has 0 radical (unpaired) electrons. The van der Waals surface area contributed by atoms with Gasteiger partial charge in [0.2, 0.25) is 5.95 Å². The van der Waals surface area contributed by atoms with Crippen molar-refractivity contribution in [3.05, 3.63) is 94.6 Å².